The van der Waals surface area contributed by atoms with Gasteiger partial charge in [0.2, 0.25) is 0 Å². The van der Waals surface area contributed by atoms with E-state index in [2.05, 4.69) is 10.6 Å². The Kier molecular flexibility index (Phi) is 9.12. The molecule has 0 fully saturated rings. The van der Waals surface area contributed by atoms with Gasteiger partial charge in [0.15, 0.2) is 0 Å². The van der Waals surface area contributed by atoms with Gasteiger partial charge in [-0.1, -0.05) is 42.5 Å². The van der Waals surface area contributed by atoms with Crippen LogP contribution in [0.25, 0.3) is 0 Å². The fourth-order valence-electron chi connectivity index (χ4n) is 2.45. The van der Waals surface area contributed by atoms with Gasteiger partial charge in [-0.25, -0.2) is 14.7 Å². The third-order valence-electron chi connectivity index (χ3n) is 4.17. The summed E-state index contributed by atoms with van der Waals surface area (Å²) in [5, 5.41) is 14.4. The van der Waals surface area contributed by atoms with Gasteiger partial charge in [-0.2, -0.15) is 0 Å². The summed E-state index contributed by atoms with van der Waals surface area (Å²) in [7, 11) is 2.74. The number of ether oxygens (including phenoxy) is 2. The van der Waals surface area contributed by atoms with Crippen LogP contribution in [-0.2, 0) is 27.5 Å². The Bertz CT molecular complexity index is 859. The van der Waals surface area contributed by atoms with Crippen LogP contribution in [0.1, 0.15) is 11.1 Å². The number of carboxylic acid groups (broad SMARTS) is 1. The zero-order valence-electron chi connectivity index (χ0n) is 17.2. The second-order valence-electron chi connectivity index (χ2n) is 6.39. The molecule has 3 amide bonds. The number of amides is 3. The first-order valence-corrected chi connectivity index (χ1v) is 9.36. The van der Waals surface area contributed by atoms with Gasteiger partial charge in [0.1, 0.15) is 25.0 Å². The van der Waals surface area contributed by atoms with Crippen molar-refractivity contribution in [2.45, 2.75) is 19.2 Å². The maximum atomic E-state index is 12.5. The monoisotopic (exact) mass is 431 g/mol. The molecule has 10 nitrogen and oxygen atoms in total. The van der Waals surface area contributed by atoms with E-state index < -0.39 is 24.1 Å². The molecule has 0 bridgehead atoms. The minimum Gasteiger partial charge on any atom is -0.491 e. The maximum Gasteiger partial charge on any atom is 0.408 e. The van der Waals surface area contributed by atoms with Gasteiger partial charge in [0.25, 0.3) is 5.91 Å². The molecule has 2 rings (SSSR count). The zero-order chi connectivity index (χ0) is 22.6. The van der Waals surface area contributed by atoms with E-state index >= 15 is 0 Å². The van der Waals surface area contributed by atoms with Crippen molar-refractivity contribution >= 4 is 18.1 Å². The van der Waals surface area contributed by atoms with Gasteiger partial charge in [0.05, 0.1) is 7.11 Å². The topological polar surface area (TPSA) is 126 Å². The van der Waals surface area contributed by atoms with E-state index in [1.807, 2.05) is 30.3 Å². The van der Waals surface area contributed by atoms with Crippen molar-refractivity contribution in [3.05, 3.63) is 65.7 Å². The lowest BCUT2D eigenvalue weighted by Crippen LogP contribution is -2.50. The molecule has 0 spiro atoms. The predicted molar refractivity (Wildman–Crippen MR) is 110 cm³/mol. The highest BCUT2D eigenvalue weighted by Crippen LogP contribution is 2.13. The average molecular weight is 431 g/mol. The standard InChI is InChI=1S/C21H25N3O7/c1-24(29-2)19(25)18(23-21(28)31-13-16-6-4-3-5-7-16)14-30-17-10-8-15(9-11-17)12-22-20(26)27/h3-11,18,22H,12-14H2,1-2H3,(H,23,28)(H,26,27). The first kappa shape index (κ1) is 23.5. The van der Waals surface area contributed by atoms with Gasteiger partial charge >= 0.3 is 12.2 Å². The Morgan fingerprint density at radius 3 is 2.32 bits per heavy atom. The van der Waals surface area contributed by atoms with Crippen LogP contribution in [0.2, 0.25) is 0 Å². The molecule has 0 aromatic heterocycles. The number of hydrogen-bond acceptors (Lipinski definition) is 6. The number of rotatable bonds is 10. The SMILES string of the molecule is CON(C)C(=O)C(COc1ccc(CNC(=O)O)cc1)NC(=O)OCc1ccccc1. The second-order valence-corrected chi connectivity index (χ2v) is 6.39. The molecule has 3 N–H and O–H groups in total. The van der Waals surface area contributed by atoms with E-state index in [9.17, 15) is 14.4 Å². The second kappa shape index (κ2) is 12.0. The Balaban J connectivity index is 1.93. The Labute approximate surface area is 179 Å². The summed E-state index contributed by atoms with van der Waals surface area (Å²) in [5.74, 6) is -0.0853. The Morgan fingerprint density at radius 2 is 1.71 bits per heavy atom. The highest BCUT2D eigenvalue weighted by Gasteiger charge is 2.26. The molecule has 0 aliphatic carbocycles. The van der Waals surface area contributed by atoms with Crippen molar-refractivity contribution < 1.29 is 33.8 Å². The zero-order valence-corrected chi connectivity index (χ0v) is 17.2. The third kappa shape index (κ3) is 8.23. The van der Waals surface area contributed by atoms with Crippen LogP contribution in [0.5, 0.6) is 5.75 Å². The normalized spacial score (nSPS) is 11.2. The fourth-order valence-corrected chi connectivity index (χ4v) is 2.45. The van der Waals surface area contributed by atoms with E-state index in [1.54, 1.807) is 24.3 Å². The number of nitrogens with one attached hydrogen (secondary N) is 2. The van der Waals surface area contributed by atoms with Crippen molar-refractivity contribution in [2.75, 3.05) is 20.8 Å². The molecule has 2 aromatic rings. The van der Waals surface area contributed by atoms with Crippen molar-refractivity contribution in [2.24, 2.45) is 0 Å². The Morgan fingerprint density at radius 1 is 1.03 bits per heavy atom. The molecule has 2 aromatic carbocycles. The summed E-state index contributed by atoms with van der Waals surface area (Å²) in [4.78, 5) is 40.1. The molecule has 31 heavy (non-hydrogen) atoms. The van der Waals surface area contributed by atoms with Crippen LogP contribution in [-0.4, -0.2) is 55.1 Å². The first-order chi connectivity index (χ1) is 14.9. The molecule has 0 saturated carbocycles. The lowest BCUT2D eigenvalue weighted by Gasteiger charge is -2.22. The quantitative estimate of drug-likeness (QED) is 0.492. The summed E-state index contributed by atoms with van der Waals surface area (Å²) >= 11 is 0. The van der Waals surface area contributed by atoms with Gasteiger partial charge in [-0.15, -0.1) is 0 Å². The molecule has 10 heteroatoms. The minimum absolute atomic E-state index is 0.0560. The largest absolute Gasteiger partial charge is 0.491 e. The molecule has 1 unspecified atom stereocenters. The van der Waals surface area contributed by atoms with Crippen LogP contribution in [0.3, 0.4) is 0 Å². The smallest absolute Gasteiger partial charge is 0.408 e. The summed E-state index contributed by atoms with van der Waals surface area (Å²) in [6.07, 6.45) is -1.89. The van der Waals surface area contributed by atoms with Crippen LogP contribution in [0.4, 0.5) is 9.59 Å². The van der Waals surface area contributed by atoms with E-state index in [0.29, 0.717) is 5.75 Å². The van der Waals surface area contributed by atoms with E-state index in [4.69, 9.17) is 19.4 Å². The number of carbonyl (C=O) groups excluding carboxylic acids is 2. The van der Waals surface area contributed by atoms with E-state index in [-0.39, 0.29) is 19.8 Å². The number of hydroxylamine groups is 2. The van der Waals surface area contributed by atoms with Crippen LogP contribution < -0.4 is 15.4 Å². The predicted octanol–water partition coefficient (Wildman–Crippen LogP) is 2.15. The number of nitrogens with zero attached hydrogens (tertiary/aromatic N) is 1. The summed E-state index contributed by atoms with van der Waals surface area (Å²) < 4.78 is 10.8. The molecular weight excluding hydrogens is 406 g/mol. The Hall–Kier alpha value is -3.79. The van der Waals surface area contributed by atoms with Crippen molar-refractivity contribution in [3.8, 4) is 5.75 Å². The molecular formula is C21H25N3O7. The van der Waals surface area contributed by atoms with Crippen molar-refractivity contribution in [1.82, 2.24) is 15.7 Å². The van der Waals surface area contributed by atoms with Gasteiger partial charge < -0.3 is 25.2 Å². The highest BCUT2D eigenvalue weighted by molar-refractivity contribution is 5.85. The maximum absolute atomic E-state index is 12.5. The molecule has 0 radical (unpaired) electrons. The molecule has 0 aliphatic rings. The molecule has 166 valence electrons. The molecule has 0 heterocycles. The summed E-state index contributed by atoms with van der Waals surface area (Å²) in [5.41, 5.74) is 1.55. The lowest BCUT2D eigenvalue weighted by molar-refractivity contribution is -0.171. The highest BCUT2D eigenvalue weighted by atomic mass is 16.7. The summed E-state index contributed by atoms with van der Waals surface area (Å²) in [6.45, 7) is 0.0459. The number of alkyl carbamates (subject to hydrolysis) is 1. The number of carbonyl (C=O) groups is 3. The van der Waals surface area contributed by atoms with Gasteiger partial charge in [0, 0.05) is 13.6 Å². The van der Waals surface area contributed by atoms with Crippen molar-refractivity contribution in [1.29, 1.82) is 0 Å². The van der Waals surface area contributed by atoms with Gasteiger partial charge in [-0.3, -0.25) is 9.63 Å². The minimum atomic E-state index is -1.12. The number of likely N-dealkylation sites (N-methyl/N-ethyl adjacent to an activating group) is 1. The molecule has 1 atom stereocenters. The average Bonchev–Trinajstić information content (AvgIpc) is 2.79. The molecule has 0 aliphatic heterocycles. The third-order valence-corrected chi connectivity index (χ3v) is 4.17. The van der Waals surface area contributed by atoms with Crippen molar-refractivity contribution in [3.63, 3.8) is 0 Å². The van der Waals surface area contributed by atoms with Crippen LogP contribution >= 0.6 is 0 Å². The fraction of sp³-hybridized carbons (Fsp3) is 0.286. The number of hydrogen-bond donors (Lipinski definition) is 3. The lowest BCUT2D eigenvalue weighted by atomic mass is 10.2. The van der Waals surface area contributed by atoms with Crippen LogP contribution in [0, 0.1) is 0 Å². The number of benzene rings is 2. The van der Waals surface area contributed by atoms with Gasteiger partial charge in [-0.05, 0) is 23.3 Å². The first-order valence-electron chi connectivity index (χ1n) is 9.36. The molecule has 0 saturated heterocycles. The summed E-state index contributed by atoms with van der Waals surface area (Å²) in [6, 6.07) is 14.7. The van der Waals surface area contributed by atoms with E-state index in [1.165, 1.54) is 14.2 Å². The van der Waals surface area contributed by atoms with E-state index in [0.717, 1.165) is 16.2 Å². The van der Waals surface area contributed by atoms with Crippen LogP contribution in [0.15, 0.2) is 54.6 Å².